The zero-order valence-corrected chi connectivity index (χ0v) is 21.8. The van der Waals surface area contributed by atoms with Gasteiger partial charge in [-0.2, -0.15) is 0 Å². The Balaban J connectivity index is 2.14. The average molecular weight is 514 g/mol. The molecule has 0 amide bonds. The van der Waals surface area contributed by atoms with Gasteiger partial charge in [0.2, 0.25) is 0 Å². The van der Waals surface area contributed by atoms with Crippen LogP contribution in [0.15, 0.2) is 7.08 Å². The van der Waals surface area contributed by atoms with E-state index >= 15 is 0 Å². The van der Waals surface area contributed by atoms with E-state index in [0.717, 1.165) is 30.3 Å². The SMILES string of the molecule is CCC1B2C[C@H]3C[C@@H](CC2=[C]([Sn]([CH3])([CH3])[CH3])[Sn]([CH3])([CH3])[CH3])C[C@@H]1C3. The molecule has 0 nitrogen and oxygen atoms in total. The van der Waals surface area contributed by atoms with Crippen LogP contribution >= 0.6 is 0 Å². The fourth-order valence-electron chi connectivity index (χ4n) is 7.04. The van der Waals surface area contributed by atoms with Gasteiger partial charge in [0, 0.05) is 0 Å². The van der Waals surface area contributed by atoms with Gasteiger partial charge in [0.1, 0.15) is 0 Å². The van der Waals surface area contributed by atoms with Crippen molar-refractivity contribution in [3.8, 4) is 0 Å². The molecule has 4 fully saturated rings. The fourth-order valence-corrected chi connectivity index (χ4v) is 63.7. The summed E-state index contributed by atoms with van der Waals surface area (Å²) in [6.07, 6.45) is 9.32. The molecule has 3 heteroatoms. The molecule has 0 aromatic rings. The third-order valence-electron chi connectivity index (χ3n) is 6.90. The van der Waals surface area contributed by atoms with E-state index in [9.17, 15) is 0 Å². The van der Waals surface area contributed by atoms with Crippen LogP contribution in [-0.2, 0) is 0 Å². The second kappa shape index (κ2) is 6.29. The minimum absolute atomic E-state index is 1.02. The molecule has 4 aliphatic rings. The predicted octanol–water partition coefficient (Wildman–Crippen LogP) is 6.30. The Bertz CT molecular complexity index is 453. The number of fused-ring (bicyclic) bond motifs is 1. The first-order chi connectivity index (χ1) is 10.1. The summed E-state index contributed by atoms with van der Waals surface area (Å²) in [5, 5.41) is 0. The van der Waals surface area contributed by atoms with E-state index in [2.05, 4.69) is 43.6 Å². The van der Waals surface area contributed by atoms with E-state index < -0.39 is 36.8 Å². The molecule has 1 unspecified atom stereocenters. The number of allylic oxidation sites excluding steroid dienone is 1. The van der Waals surface area contributed by atoms with Crippen LogP contribution in [0.25, 0.3) is 0 Å². The van der Waals surface area contributed by atoms with Crippen molar-refractivity contribution in [1.82, 2.24) is 0 Å². The van der Waals surface area contributed by atoms with Crippen molar-refractivity contribution in [2.24, 2.45) is 17.8 Å². The summed E-state index contributed by atoms with van der Waals surface area (Å²) in [6, 6.07) is 0. The third-order valence-corrected chi connectivity index (χ3v) is 46.0. The normalized spacial score (nSPS) is 35.0. The van der Waals surface area contributed by atoms with Crippen molar-refractivity contribution in [3.63, 3.8) is 0 Å². The van der Waals surface area contributed by atoms with Crippen LogP contribution in [0.5, 0.6) is 0 Å². The van der Waals surface area contributed by atoms with Gasteiger partial charge in [-0.3, -0.25) is 0 Å². The van der Waals surface area contributed by atoms with Crippen molar-refractivity contribution in [2.75, 3.05) is 0 Å². The van der Waals surface area contributed by atoms with E-state index in [1.54, 1.807) is 25.6 Å². The molecule has 4 rings (SSSR count). The van der Waals surface area contributed by atoms with Crippen LogP contribution in [0, 0.1) is 17.8 Å². The molecule has 3 heterocycles. The summed E-state index contributed by atoms with van der Waals surface area (Å²) in [5.74, 6) is 4.31. The van der Waals surface area contributed by atoms with Crippen LogP contribution in [0.3, 0.4) is 0 Å². The molecule has 1 saturated carbocycles. The van der Waals surface area contributed by atoms with Gasteiger partial charge in [-0.25, -0.2) is 0 Å². The predicted molar refractivity (Wildman–Crippen MR) is 107 cm³/mol. The molecule has 3 saturated heterocycles. The summed E-state index contributed by atoms with van der Waals surface area (Å²) in [5.41, 5.74) is 2.10. The maximum absolute atomic E-state index is 2.72. The molecule has 3 aliphatic heterocycles. The Morgan fingerprint density at radius 1 is 0.955 bits per heavy atom. The van der Waals surface area contributed by atoms with Crippen LogP contribution in [0.2, 0.25) is 41.8 Å². The van der Waals surface area contributed by atoms with Crippen molar-refractivity contribution >= 4 is 43.5 Å². The van der Waals surface area contributed by atoms with Crippen LogP contribution in [0.1, 0.15) is 39.0 Å². The molecule has 0 N–H and O–H groups in total. The standard InChI is InChI=1S/C13H19B.6CH3.2Sn/c1-3-13-12-6-10-4-9(2)14(13)8-11(5-10)7-12;;;;;;;;/h10-13H,3-8H2,1H3;6*1H3;;/t10-,11+,12-,13?;;;;;;;;/m1......../s1. The van der Waals surface area contributed by atoms with Gasteiger partial charge in [0.25, 0.3) is 0 Å². The summed E-state index contributed by atoms with van der Waals surface area (Å²) in [6.45, 7) is 3.51. The summed E-state index contributed by atoms with van der Waals surface area (Å²) < 4.78 is 2.22. The van der Waals surface area contributed by atoms with E-state index in [1.807, 2.05) is 0 Å². The molecular formula is C19H37BSn2. The molecule has 22 heavy (non-hydrogen) atoms. The molecule has 0 aromatic carbocycles. The maximum atomic E-state index is 2.72. The molecular weight excluding hydrogens is 476 g/mol. The van der Waals surface area contributed by atoms with Crippen LogP contribution in [0.4, 0.5) is 0 Å². The Morgan fingerprint density at radius 2 is 1.55 bits per heavy atom. The first-order valence-electron chi connectivity index (χ1n) is 9.85. The molecule has 4 atom stereocenters. The van der Waals surface area contributed by atoms with E-state index in [4.69, 9.17) is 0 Å². The van der Waals surface area contributed by atoms with E-state index in [0.29, 0.717) is 0 Å². The Morgan fingerprint density at radius 3 is 2.09 bits per heavy atom. The van der Waals surface area contributed by atoms with Gasteiger partial charge in [-0.1, -0.05) is 0 Å². The van der Waals surface area contributed by atoms with Crippen molar-refractivity contribution < 1.29 is 0 Å². The van der Waals surface area contributed by atoms with Crippen molar-refractivity contribution in [2.45, 2.75) is 80.8 Å². The molecule has 0 radical (unpaired) electrons. The van der Waals surface area contributed by atoms with Gasteiger partial charge >= 0.3 is 149 Å². The van der Waals surface area contributed by atoms with E-state index in [-0.39, 0.29) is 0 Å². The quantitative estimate of drug-likeness (QED) is 0.389. The monoisotopic (exact) mass is 516 g/mol. The Hall–Kier alpha value is 1.40. The Labute approximate surface area is 148 Å². The van der Waals surface area contributed by atoms with Gasteiger partial charge < -0.3 is 0 Å². The molecule has 124 valence electrons. The summed E-state index contributed by atoms with van der Waals surface area (Å²) in [7, 11) is 0. The number of rotatable bonds is 3. The summed E-state index contributed by atoms with van der Waals surface area (Å²) >= 11 is -3.95. The van der Waals surface area contributed by atoms with E-state index in [1.165, 1.54) is 12.8 Å². The van der Waals surface area contributed by atoms with Gasteiger partial charge in [-0.05, 0) is 0 Å². The van der Waals surface area contributed by atoms with Crippen molar-refractivity contribution in [3.05, 3.63) is 7.08 Å². The second-order valence-electron chi connectivity index (χ2n) is 10.7. The topological polar surface area (TPSA) is 0 Å². The molecule has 4 bridgehead atoms. The first kappa shape index (κ1) is 18.2. The summed E-state index contributed by atoms with van der Waals surface area (Å²) in [4.78, 5) is 16.3. The van der Waals surface area contributed by atoms with Gasteiger partial charge in [-0.15, -0.1) is 0 Å². The Kier molecular flexibility index (Phi) is 5.20. The third kappa shape index (κ3) is 3.37. The van der Waals surface area contributed by atoms with Crippen LogP contribution < -0.4 is 0 Å². The fraction of sp³-hybridized carbons (Fsp3) is 0.895. The van der Waals surface area contributed by atoms with Gasteiger partial charge in [0.15, 0.2) is 0 Å². The zero-order valence-electron chi connectivity index (χ0n) is 16.1. The van der Waals surface area contributed by atoms with Gasteiger partial charge in [0.05, 0.1) is 0 Å². The van der Waals surface area contributed by atoms with Crippen LogP contribution in [-0.4, -0.2) is 43.5 Å². The average Bonchev–Trinajstić information content (AvgIpc) is 2.50. The number of hydrogen-bond acceptors (Lipinski definition) is 0. The second-order valence-corrected chi connectivity index (χ2v) is 43.3. The first-order valence-corrected chi connectivity index (χ1v) is 29.8. The molecule has 1 aliphatic carbocycles. The zero-order chi connectivity index (χ0) is 16.3. The minimum atomic E-state index is -1.97. The molecule has 0 aromatic heterocycles. The van der Waals surface area contributed by atoms with Crippen molar-refractivity contribution in [1.29, 1.82) is 0 Å². The number of hydrogen-bond donors (Lipinski definition) is 0. The molecule has 0 spiro atoms.